The Hall–Kier alpha value is -1.23. The van der Waals surface area contributed by atoms with Crippen LogP contribution in [-0.4, -0.2) is 18.6 Å². The van der Waals surface area contributed by atoms with Crippen molar-refractivity contribution in [1.82, 2.24) is 10.3 Å². The van der Waals surface area contributed by atoms with E-state index in [-0.39, 0.29) is 0 Å². The third kappa shape index (κ3) is 3.88. The molecular formula is C16H22N2OS. The lowest BCUT2D eigenvalue weighted by Gasteiger charge is -2.02. The van der Waals surface area contributed by atoms with Gasteiger partial charge in [-0.15, -0.1) is 11.3 Å². The van der Waals surface area contributed by atoms with Gasteiger partial charge in [0.15, 0.2) is 0 Å². The predicted octanol–water partition coefficient (Wildman–Crippen LogP) is 3.30. The molecule has 1 N–H and O–H groups in total. The molecule has 0 radical (unpaired) electrons. The van der Waals surface area contributed by atoms with Gasteiger partial charge in [-0.2, -0.15) is 0 Å². The van der Waals surface area contributed by atoms with E-state index >= 15 is 0 Å². The van der Waals surface area contributed by atoms with E-state index in [1.807, 2.05) is 0 Å². The van der Waals surface area contributed by atoms with E-state index in [1.54, 1.807) is 18.4 Å². The summed E-state index contributed by atoms with van der Waals surface area (Å²) in [6.45, 7) is 6.70. The number of hydrogen-bond acceptors (Lipinski definition) is 4. The molecule has 0 amide bonds. The Labute approximate surface area is 125 Å². The van der Waals surface area contributed by atoms with Crippen LogP contribution in [0.25, 0.3) is 0 Å². The Bertz CT molecular complexity index is 551. The molecule has 0 aliphatic carbocycles. The Morgan fingerprint density at radius 1 is 1.30 bits per heavy atom. The second kappa shape index (κ2) is 7.53. The molecular weight excluding hydrogens is 268 g/mol. The summed E-state index contributed by atoms with van der Waals surface area (Å²) in [4.78, 5) is 6.03. The SMILES string of the molecule is CCNCc1sc(Cc2ccccc2C)nc1COC. The van der Waals surface area contributed by atoms with Gasteiger partial charge in [0.1, 0.15) is 0 Å². The number of methoxy groups -OCH3 is 1. The largest absolute Gasteiger partial charge is 0.378 e. The highest BCUT2D eigenvalue weighted by Crippen LogP contribution is 2.23. The summed E-state index contributed by atoms with van der Waals surface area (Å²) in [5.74, 6) is 0. The van der Waals surface area contributed by atoms with Gasteiger partial charge < -0.3 is 10.1 Å². The molecule has 0 atom stereocenters. The molecule has 0 bridgehead atoms. The van der Waals surface area contributed by atoms with Gasteiger partial charge in [0.25, 0.3) is 0 Å². The first-order chi connectivity index (χ1) is 9.74. The van der Waals surface area contributed by atoms with Crippen LogP contribution in [0.4, 0.5) is 0 Å². The van der Waals surface area contributed by atoms with Gasteiger partial charge in [-0.05, 0) is 24.6 Å². The number of hydrogen-bond donors (Lipinski definition) is 1. The van der Waals surface area contributed by atoms with Crippen LogP contribution in [0.3, 0.4) is 0 Å². The van der Waals surface area contributed by atoms with E-state index in [4.69, 9.17) is 9.72 Å². The van der Waals surface area contributed by atoms with Gasteiger partial charge in [0, 0.05) is 25.0 Å². The molecule has 108 valence electrons. The van der Waals surface area contributed by atoms with Crippen LogP contribution in [0.15, 0.2) is 24.3 Å². The van der Waals surface area contributed by atoms with Gasteiger partial charge in [0.2, 0.25) is 0 Å². The number of aryl methyl sites for hydroxylation is 1. The van der Waals surface area contributed by atoms with Gasteiger partial charge >= 0.3 is 0 Å². The van der Waals surface area contributed by atoms with Crippen molar-refractivity contribution in [2.75, 3.05) is 13.7 Å². The maximum absolute atomic E-state index is 5.25. The fraction of sp³-hybridized carbons (Fsp3) is 0.438. The zero-order valence-corrected chi connectivity index (χ0v) is 13.2. The number of nitrogens with zero attached hydrogens (tertiary/aromatic N) is 1. The number of rotatable bonds is 7. The zero-order chi connectivity index (χ0) is 14.4. The minimum atomic E-state index is 0.588. The van der Waals surface area contributed by atoms with Crippen LogP contribution in [0.2, 0.25) is 0 Å². The fourth-order valence-electron chi connectivity index (χ4n) is 2.11. The minimum absolute atomic E-state index is 0.588. The molecule has 3 nitrogen and oxygen atoms in total. The molecule has 0 saturated carbocycles. The topological polar surface area (TPSA) is 34.2 Å². The highest BCUT2D eigenvalue weighted by Gasteiger charge is 2.11. The summed E-state index contributed by atoms with van der Waals surface area (Å²) in [6.07, 6.45) is 0.903. The first kappa shape index (κ1) is 15.2. The Morgan fingerprint density at radius 3 is 2.80 bits per heavy atom. The van der Waals surface area contributed by atoms with Crippen molar-refractivity contribution < 1.29 is 4.74 Å². The molecule has 2 aromatic rings. The fourth-order valence-corrected chi connectivity index (χ4v) is 3.17. The standard InChI is InChI=1S/C16H22N2OS/c1-4-17-10-15-14(11-19-3)18-16(20-15)9-13-8-6-5-7-12(13)2/h5-8,17H,4,9-11H2,1-3H3. The van der Waals surface area contributed by atoms with Crippen molar-refractivity contribution in [2.24, 2.45) is 0 Å². The second-order valence-electron chi connectivity index (χ2n) is 4.79. The Balaban J connectivity index is 2.17. The van der Waals surface area contributed by atoms with Crippen LogP contribution in [-0.2, 0) is 24.3 Å². The molecule has 1 heterocycles. The summed E-state index contributed by atoms with van der Waals surface area (Å²) >= 11 is 1.79. The normalized spacial score (nSPS) is 10.9. The van der Waals surface area contributed by atoms with Crippen molar-refractivity contribution >= 4 is 11.3 Å². The first-order valence-electron chi connectivity index (χ1n) is 6.96. The highest BCUT2D eigenvalue weighted by molar-refractivity contribution is 7.11. The van der Waals surface area contributed by atoms with E-state index in [9.17, 15) is 0 Å². The molecule has 20 heavy (non-hydrogen) atoms. The van der Waals surface area contributed by atoms with Crippen LogP contribution < -0.4 is 5.32 Å². The maximum atomic E-state index is 5.25. The molecule has 0 aliphatic rings. The van der Waals surface area contributed by atoms with E-state index < -0.39 is 0 Å². The second-order valence-corrected chi connectivity index (χ2v) is 5.96. The molecule has 1 aromatic carbocycles. The average Bonchev–Trinajstić information content (AvgIpc) is 2.81. The average molecular weight is 290 g/mol. The highest BCUT2D eigenvalue weighted by atomic mass is 32.1. The summed E-state index contributed by atoms with van der Waals surface area (Å²) < 4.78 is 5.25. The van der Waals surface area contributed by atoms with Crippen LogP contribution in [0, 0.1) is 6.92 Å². The van der Waals surface area contributed by atoms with Crippen LogP contribution in [0.1, 0.15) is 33.6 Å². The molecule has 2 rings (SSSR count). The third-order valence-corrected chi connectivity index (χ3v) is 4.34. The van der Waals surface area contributed by atoms with Crippen molar-refractivity contribution in [2.45, 2.75) is 33.4 Å². The molecule has 1 aromatic heterocycles. The summed E-state index contributed by atoms with van der Waals surface area (Å²) in [6, 6.07) is 8.49. The maximum Gasteiger partial charge on any atom is 0.0976 e. The van der Waals surface area contributed by atoms with Crippen LogP contribution in [0.5, 0.6) is 0 Å². The molecule has 0 spiro atoms. The van der Waals surface area contributed by atoms with E-state index in [2.05, 4.69) is 43.4 Å². The van der Waals surface area contributed by atoms with Crippen molar-refractivity contribution in [3.05, 3.63) is 51.0 Å². The predicted molar refractivity (Wildman–Crippen MR) is 84.2 cm³/mol. The van der Waals surface area contributed by atoms with Crippen LogP contribution >= 0.6 is 11.3 Å². The minimum Gasteiger partial charge on any atom is -0.378 e. The Kier molecular flexibility index (Phi) is 5.71. The third-order valence-electron chi connectivity index (χ3n) is 3.24. The molecule has 0 aliphatic heterocycles. The van der Waals surface area contributed by atoms with E-state index in [0.717, 1.165) is 25.2 Å². The molecule has 0 unspecified atom stereocenters. The molecule has 0 fully saturated rings. The summed E-state index contributed by atoms with van der Waals surface area (Å²) in [5.41, 5.74) is 3.74. The van der Waals surface area contributed by atoms with Gasteiger partial charge in [0.05, 0.1) is 17.3 Å². The number of ether oxygens (including phenoxy) is 1. The Morgan fingerprint density at radius 2 is 2.10 bits per heavy atom. The number of thiazole rings is 1. The lowest BCUT2D eigenvalue weighted by molar-refractivity contribution is 0.181. The van der Waals surface area contributed by atoms with Gasteiger partial charge in [-0.1, -0.05) is 31.2 Å². The number of nitrogens with one attached hydrogen (secondary N) is 1. The van der Waals surface area contributed by atoms with E-state index in [1.165, 1.54) is 21.0 Å². The van der Waals surface area contributed by atoms with E-state index in [0.29, 0.717) is 6.61 Å². The quantitative estimate of drug-likeness (QED) is 0.849. The van der Waals surface area contributed by atoms with Crippen molar-refractivity contribution in [3.63, 3.8) is 0 Å². The smallest absolute Gasteiger partial charge is 0.0976 e. The molecule has 4 heteroatoms. The first-order valence-corrected chi connectivity index (χ1v) is 7.77. The number of benzene rings is 1. The van der Waals surface area contributed by atoms with Gasteiger partial charge in [-0.25, -0.2) is 4.98 Å². The zero-order valence-electron chi connectivity index (χ0n) is 12.4. The lowest BCUT2D eigenvalue weighted by Crippen LogP contribution is -2.12. The van der Waals surface area contributed by atoms with Crippen molar-refractivity contribution in [3.8, 4) is 0 Å². The summed E-state index contributed by atoms with van der Waals surface area (Å²) in [5, 5.41) is 4.53. The summed E-state index contributed by atoms with van der Waals surface area (Å²) in [7, 11) is 1.72. The van der Waals surface area contributed by atoms with Crippen molar-refractivity contribution in [1.29, 1.82) is 0 Å². The molecule has 0 saturated heterocycles. The monoisotopic (exact) mass is 290 g/mol. The lowest BCUT2D eigenvalue weighted by atomic mass is 10.1. The van der Waals surface area contributed by atoms with Gasteiger partial charge in [-0.3, -0.25) is 0 Å². The number of aromatic nitrogens is 1.